The van der Waals surface area contributed by atoms with Crippen LogP contribution in [0.25, 0.3) is 0 Å². The Bertz CT molecular complexity index is 928. The molecule has 5 nitrogen and oxygen atoms in total. The average Bonchev–Trinajstić information content (AvgIpc) is 3.25. The predicted molar refractivity (Wildman–Crippen MR) is 110 cm³/mol. The third-order valence-electron chi connectivity index (χ3n) is 5.81. The summed E-state index contributed by atoms with van der Waals surface area (Å²) in [7, 11) is 0. The number of rotatable bonds is 6. The Balaban J connectivity index is 1.28. The number of carbonyl (C=O) groups is 1. The summed E-state index contributed by atoms with van der Waals surface area (Å²) in [6.07, 6.45) is -3.00. The lowest BCUT2D eigenvalue weighted by Gasteiger charge is -2.25. The lowest BCUT2D eigenvalue weighted by Crippen LogP contribution is -2.44. The van der Waals surface area contributed by atoms with E-state index >= 15 is 0 Å². The number of ether oxygens (including phenoxy) is 2. The highest BCUT2D eigenvalue weighted by atomic mass is 32.1. The SMILES string of the molecule is Cc1cc2c(s1)CCC(CN[C@@H]1CC[C@@H](Oc3ccc(OC(F)(F)F)cc3)[C@H]1O)C2=O. The molecule has 4 rings (SSSR count). The molecule has 1 fully saturated rings. The molecule has 4 atom stereocenters. The summed E-state index contributed by atoms with van der Waals surface area (Å²) in [5.41, 5.74) is 0.840. The number of ketones is 1. The van der Waals surface area contributed by atoms with Gasteiger partial charge in [0.2, 0.25) is 0 Å². The van der Waals surface area contributed by atoms with E-state index in [1.165, 1.54) is 29.1 Å². The van der Waals surface area contributed by atoms with Gasteiger partial charge in [-0.05, 0) is 62.9 Å². The highest BCUT2D eigenvalue weighted by Gasteiger charge is 2.37. The van der Waals surface area contributed by atoms with Crippen LogP contribution in [0.3, 0.4) is 0 Å². The second-order valence-electron chi connectivity index (χ2n) is 8.05. The van der Waals surface area contributed by atoms with Gasteiger partial charge in [0, 0.05) is 33.8 Å². The third-order valence-corrected chi connectivity index (χ3v) is 6.93. The van der Waals surface area contributed by atoms with Crippen molar-refractivity contribution in [2.24, 2.45) is 5.92 Å². The fourth-order valence-electron chi connectivity index (χ4n) is 4.29. The van der Waals surface area contributed by atoms with Crippen molar-refractivity contribution in [1.82, 2.24) is 5.32 Å². The number of fused-ring (bicyclic) bond motifs is 1. The minimum atomic E-state index is -4.74. The van der Waals surface area contributed by atoms with E-state index in [4.69, 9.17) is 4.74 Å². The summed E-state index contributed by atoms with van der Waals surface area (Å²) >= 11 is 1.68. The van der Waals surface area contributed by atoms with Crippen LogP contribution in [-0.2, 0) is 6.42 Å². The number of aliphatic hydroxyl groups is 1. The molecule has 0 saturated heterocycles. The molecule has 9 heteroatoms. The van der Waals surface area contributed by atoms with Crippen molar-refractivity contribution in [3.8, 4) is 11.5 Å². The average molecular weight is 455 g/mol. The molecule has 1 unspecified atom stereocenters. The molecule has 2 N–H and O–H groups in total. The summed E-state index contributed by atoms with van der Waals surface area (Å²) < 4.78 is 46.4. The Labute approximate surface area is 182 Å². The normalized spacial score (nSPS) is 26.0. The molecular formula is C22H24F3NO4S. The van der Waals surface area contributed by atoms with Crippen molar-refractivity contribution < 1.29 is 32.5 Å². The molecule has 31 heavy (non-hydrogen) atoms. The Kier molecular flexibility index (Phi) is 6.27. The Morgan fingerprint density at radius 2 is 1.87 bits per heavy atom. The Hall–Kier alpha value is -2.10. The molecule has 2 aliphatic carbocycles. The molecule has 0 radical (unpaired) electrons. The number of aryl methyl sites for hydroxylation is 2. The van der Waals surface area contributed by atoms with Gasteiger partial charge >= 0.3 is 6.36 Å². The summed E-state index contributed by atoms with van der Waals surface area (Å²) in [6, 6.07) is 6.89. The lowest BCUT2D eigenvalue weighted by atomic mass is 9.87. The van der Waals surface area contributed by atoms with Crippen LogP contribution in [0.4, 0.5) is 13.2 Å². The summed E-state index contributed by atoms with van der Waals surface area (Å²) in [5.74, 6) is 0.101. The highest BCUT2D eigenvalue weighted by Crippen LogP contribution is 2.33. The Morgan fingerprint density at radius 1 is 1.16 bits per heavy atom. The number of benzene rings is 1. The fourth-order valence-corrected chi connectivity index (χ4v) is 5.35. The predicted octanol–water partition coefficient (Wildman–Crippen LogP) is 4.26. The minimum absolute atomic E-state index is 0.102. The molecule has 1 heterocycles. The monoisotopic (exact) mass is 455 g/mol. The zero-order chi connectivity index (χ0) is 22.2. The number of hydrogen-bond donors (Lipinski definition) is 2. The van der Waals surface area contributed by atoms with Crippen LogP contribution in [0.15, 0.2) is 30.3 Å². The van der Waals surface area contributed by atoms with Crippen molar-refractivity contribution >= 4 is 17.1 Å². The molecule has 2 aliphatic rings. The molecular weight excluding hydrogens is 431 g/mol. The maximum atomic E-state index is 12.7. The topological polar surface area (TPSA) is 67.8 Å². The van der Waals surface area contributed by atoms with Gasteiger partial charge in [0.15, 0.2) is 5.78 Å². The quantitative estimate of drug-likeness (QED) is 0.681. The third kappa shape index (κ3) is 5.22. The van der Waals surface area contributed by atoms with Crippen LogP contribution >= 0.6 is 11.3 Å². The van der Waals surface area contributed by atoms with E-state index < -0.39 is 18.6 Å². The number of hydrogen-bond acceptors (Lipinski definition) is 6. The number of Topliss-reactive ketones (excluding diaryl/α,β-unsaturated/α-hetero) is 1. The lowest BCUT2D eigenvalue weighted by molar-refractivity contribution is -0.274. The van der Waals surface area contributed by atoms with Gasteiger partial charge in [-0.15, -0.1) is 24.5 Å². The number of thiophene rings is 1. The number of nitrogens with one attached hydrogen (secondary N) is 1. The zero-order valence-electron chi connectivity index (χ0n) is 16.9. The van der Waals surface area contributed by atoms with Gasteiger partial charge in [0.05, 0.1) is 0 Å². The van der Waals surface area contributed by atoms with Crippen LogP contribution in [0.1, 0.15) is 39.4 Å². The molecule has 0 bridgehead atoms. The van der Waals surface area contributed by atoms with E-state index in [2.05, 4.69) is 10.1 Å². The van der Waals surface area contributed by atoms with E-state index in [1.54, 1.807) is 11.3 Å². The maximum Gasteiger partial charge on any atom is 0.573 e. The number of halogens is 3. The molecule has 0 spiro atoms. The van der Waals surface area contributed by atoms with Gasteiger partial charge in [-0.25, -0.2) is 0 Å². The molecule has 1 saturated carbocycles. The first-order valence-corrected chi connectivity index (χ1v) is 11.1. The second kappa shape index (κ2) is 8.80. The first-order chi connectivity index (χ1) is 14.7. The van der Waals surface area contributed by atoms with Gasteiger partial charge in [-0.1, -0.05) is 0 Å². The van der Waals surface area contributed by atoms with Crippen LogP contribution in [0.5, 0.6) is 11.5 Å². The Morgan fingerprint density at radius 3 is 2.58 bits per heavy atom. The first kappa shape index (κ1) is 22.1. The van der Waals surface area contributed by atoms with E-state index in [0.29, 0.717) is 25.1 Å². The smallest absolute Gasteiger partial charge is 0.488 e. The van der Waals surface area contributed by atoms with Crippen molar-refractivity contribution in [2.75, 3.05) is 6.54 Å². The fraction of sp³-hybridized carbons (Fsp3) is 0.500. The number of carbonyl (C=O) groups excluding carboxylic acids is 1. The van der Waals surface area contributed by atoms with Crippen LogP contribution < -0.4 is 14.8 Å². The van der Waals surface area contributed by atoms with E-state index in [0.717, 1.165) is 23.3 Å². The maximum absolute atomic E-state index is 12.7. The van der Waals surface area contributed by atoms with E-state index in [9.17, 15) is 23.1 Å². The largest absolute Gasteiger partial charge is 0.573 e. The van der Waals surface area contributed by atoms with Gasteiger partial charge in [-0.3, -0.25) is 4.79 Å². The molecule has 168 valence electrons. The van der Waals surface area contributed by atoms with E-state index in [-0.39, 0.29) is 23.5 Å². The van der Waals surface area contributed by atoms with Crippen molar-refractivity contribution in [3.05, 3.63) is 45.6 Å². The minimum Gasteiger partial charge on any atom is -0.488 e. The summed E-state index contributed by atoms with van der Waals surface area (Å²) in [4.78, 5) is 15.1. The molecule has 1 aromatic heterocycles. The molecule has 2 aromatic rings. The standard InChI is InChI=1S/C22H24F3NO4S/c1-12-10-16-19(31-12)9-2-13(20(16)27)11-26-17-7-8-18(21(17)28)29-14-3-5-15(6-4-14)30-22(23,24)25/h3-6,10,13,17-18,21,26,28H,2,7-9,11H2,1H3/t13?,17-,18-,21+/m1/s1. The first-order valence-electron chi connectivity index (χ1n) is 10.3. The van der Waals surface area contributed by atoms with Crippen LogP contribution in [-0.4, -0.2) is 42.0 Å². The van der Waals surface area contributed by atoms with Crippen molar-refractivity contribution in [3.63, 3.8) is 0 Å². The molecule has 1 aromatic carbocycles. The van der Waals surface area contributed by atoms with Gasteiger partial charge in [0.25, 0.3) is 0 Å². The van der Waals surface area contributed by atoms with E-state index in [1.807, 2.05) is 13.0 Å². The van der Waals surface area contributed by atoms with Crippen LogP contribution in [0, 0.1) is 12.8 Å². The van der Waals surface area contributed by atoms with Crippen molar-refractivity contribution in [1.29, 1.82) is 0 Å². The van der Waals surface area contributed by atoms with Gasteiger partial charge < -0.3 is 19.9 Å². The highest BCUT2D eigenvalue weighted by molar-refractivity contribution is 7.12. The van der Waals surface area contributed by atoms with Gasteiger partial charge in [0.1, 0.15) is 23.7 Å². The van der Waals surface area contributed by atoms with Crippen molar-refractivity contribution in [2.45, 2.75) is 57.2 Å². The van der Waals surface area contributed by atoms with Gasteiger partial charge in [-0.2, -0.15) is 0 Å². The number of alkyl halides is 3. The zero-order valence-corrected chi connectivity index (χ0v) is 17.8. The molecule has 0 amide bonds. The summed E-state index contributed by atoms with van der Waals surface area (Å²) in [5, 5.41) is 14.0. The second-order valence-corrected chi connectivity index (χ2v) is 9.39. The molecule has 0 aliphatic heterocycles. The summed E-state index contributed by atoms with van der Waals surface area (Å²) in [6.45, 7) is 2.51. The number of aliphatic hydroxyl groups excluding tert-OH is 1. The van der Waals surface area contributed by atoms with Crippen LogP contribution in [0.2, 0.25) is 0 Å².